The Morgan fingerprint density at radius 1 is 1.40 bits per heavy atom. The lowest BCUT2D eigenvalue weighted by Gasteiger charge is -2.48. The highest BCUT2D eigenvalue weighted by Crippen LogP contribution is 2.36. The fourth-order valence-electron chi connectivity index (χ4n) is 3.82. The van der Waals surface area contributed by atoms with Gasteiger partial charge in [0, 0.05) is 38.6 Å². The van der Waals surface area contributed by atoms with Crippen molar-refractivity contribution >= 4 is 5.91 Å². The average molecular weight is 351 g/mol. The first kappa shape index (κ1) is 17.9. The van der Waals surface area contributed by atoms with Gasteiger partial charge in [-0.15, -0.1) is 0 Å². The highest BCUT2D eigenvalue weighted by molar-refractivity contribution is 5.76. The zero-order valence-electron chi connectivity index (χ0n) is 14.7. The number of ether oxygens (including phenoxy) is 2. The van der Waals surface area contributed by atoms with Crippen LogP contribution in [0.1, 0.15) is 31.2 Å². The second-order valence-electron chi connectivity index (χ2n) is 6.86. The lowest BCUT2D eigenvalue weighted by molar-refractivity contribution is -0.188. The number of methoxy groups -OCH3 is 1. The molecule has 0 radical (unpaired) electrons. The number of piperidine rings is 1. The van der Waals surface area contributed by atoms with Gasteiger partial charge in [-0.25, -0.2) is 4.79 Å². The van der Waals surface area contributed by atoms with Gasteiger partial charge in [0.2, 0.25) is 5.91 Å². The van der Waals surface area contributed by atoms with E-state index in [1.807, 2.05) is 0 Å². The van der Waals surface area contributed by atoms with E-state index >= 15 is 0 Å². The smallest absolute Gasteiger partial charge is 0.328 e. The fourth-order valence-corrected chi connectivity index (χ4v) is 3.82. The molecule has 0 aromatic carbocycles. The largest absolute Gasteiger partial charge is 0.378 e. The summed E-state index contributed by atoms with van der Waals surface area (Å²) in [5, 5.41) is 0. The molecule has 3 rings (SSSR count). The number of aryl methyl sites for hydroxylation is 1. The Bertz CT molecular complexity index is 745. The molecule has 0 aliphatic carbocycles. The quantitative estimate of drug-likeness (QED) is 0.829. The van der Waals surface area contributed by atoms with Crippen molar-refractivity contribution in [1.82, 2.24) is 14.5 Å². The molecule has 0 bridgehead atoms. The molecule has 1 aromatic heterocycles. The number of aromatic amines is 1. The molecule has 2 saturated heterocycles. The van der Waals surface area contributed by atoms with Gasteiger partial charge in [0.1, 0.15) is 6.54 Å². The summed E-state index contributed by atoms with van der Waals surface area (Å²) in [4.78, 5) is 39.8. The van der Waals surface area contributed by atoms with Crippen LogP contribution in [0.15, 0.2) is 15.8 Å². The van der Waals surface area contributed by atoms with Crippen LogP contribution < -0.4 is 11.2 Å². The molecular formula is C17H25N3O5. The molecule has 0 unspecified atom stereocenters. The van der Waals surface area contributed by atoms with Crippen molar-refractivity contribution in [2.75, 3.05) is 26.8 Å². The summed E-state index contributed by atoms with van der Waals surface area (Å²) in [6.45, 7) is 3.43. The minimum absolute atomic E-state index is 0.0714. The molecule has 25 heavy (non-hydrogen) atoms. The normalized spacial score (nSPS) is 23.0. The van der Waals surface area contributed by atoms with Crippen molar-refractivity contribution < 1.29 is 14.3 Å². The van der Waals surface area contributed by atoms with E-state index in [0.29, 0.717) is 18.7 Å². The maximum atomic E-state index is 12.5. The van der Waals surface area contributed by atoms with Crippen LogP contribution in [0.5, 0.6) is 0 Å². The summed E-state index contributed by atoms with van der Waals surface area (Å²) in [5.74, 6) is -0.131. The van der Waals surface area contributed by atoms with Crippen LogP contribution in [0.3, 0.4) is 0 Å². The SMILES string of the molecule is CO[C@@H]1CCCOC12CCN(C(=O)Cn1cc(C)c(=O)[nH]c1=O)CC2. The number of aromatic nitrogens is 2. The highest BCUT2D eigenvalue weighted by atomic mass is 16.5. The first-order valence-electron chi connectivity index (χ1n) is 8.70. The van der Waals surface area contributed by atoms with E-state index in [4.69, 9.17) is 9.47 Å². The summed E-state index contributed by atoms with van der Waals surface area (Å²) >= 11 is 0. The van der Waals surface area contributed by atoms with Crippen molar-refractivity contribution in [3.63, 3.8) is 0 Å². The molecule has 2 fully saturated rings. The number of carbonyl (C=O) groups excluding carboxylic acids is 1. The molecule has 1 N–H and O–H groups in total. The summed E-state index contributed by atoms with van der Waals surface area (Å²) in [7, 11) is 1.71. The maximum Gasteiger partial charge on any atom is 0.328 e. The molecular weight excluding hydrogens is 326 g/mol. The van der Waals surface area contributed by atoms with Gasteiger partial charge < -0.3 is 14.4 Å². The standard InChI is InChI=1S/C17H25N3O5/c1-12-10-20(16(23)18-15(12)22)11-14(21)19-7-5-17(6-8-19)13(24-2)4-3-9-25-17/h10,13H,3-9,11H2,1-2H3,(H,18,22,23)/t13-/m1/s1. The molecule has 2 aliphatic rings. The number of hydrogen-bond acceptors (Lipinski definition) is 5. The summed E-state index contributed by atoms with van der Waals surface area (Å²) in [5.41, 5.74) is -0.875. The number of likely N-dealkylation sites (tertiary alicyclic amines) is 1. The van der Waals surface area contributed by atoms with Crippen LogP contribution in [-0.2, 0) is 20.8 Å². The molecule has 1 amide bonds. The Hall–Kier alpha value is -1.93. The Morgan fingerprint density at radius 2 is 2.12 bits per heavy atom. The third-order valence-corrected chi connectivity index (χ3v) is 5.33. The number of H-pyrrole nitrogens is 1. The van der Waals surface area contributed by atoms with Crippen LogP contribution >= 0.6 is 0 Å². The van der Waals surface area contributed by atoms with Crippen molar-refractivity contribution in [2.45, 2.75) is 50.9 Å². The van der Waals surface area contributed by atoms with Gasteiger partial charge in [0.05, 0.1) is 11.7 Å². The zero-order chi connectivity index (χ0) is 18.0. The number of nitrogens with zero attached hydrogens (tertiary/aromatic N) is 2. The molecule has 8 heteroatoms. The van der Waals surface area contributed by atoms with E-state index in [2.05, 4.69) is 4.98 Å². The summed E-state index contributed by atoms with van der Waals surface area (Å²) in [6.07, 6.45) is 4.94. The molecule has 1 aromatic rings. The van der Waals surface area contributed by atoms with Crippen molar-refractivity contribution in [3.8, 4) is 0 Å². The van der Waals surface area contributed by atoms with Gasteiger partial charge in [0.15, 0.2) is 0 Å². The molecule has 2 aliphatic heterocycles. The van der Waals surface area contributed by atoms with E-state index in [-0.39, 0.29) is 24.2 Å². The zero-order valence-corrected chi connectivity index (χ0v) is 14.7. The molecule has 8 nitrogen and oxygen atoms in total. The number of nitrogens with one attached hydrogen (secondary N) is 1. The number of hydrogen-bond donors (Lipinski definition) is 1. The van der Waals surface area contributed by atoms with E-state index in [1.165, 1.54) is 10.8 Å². The van der Waals surface area contributed by atoms with Crippen molar-refractivity contribution in [2.24, 2.45) is 0 Å². The second-order valence-corrected chi connectivity index (χ2v) is 6.86. The molecule has 3 heterocycles. The van der Waals surface area contributed by atoms with E-state index in [9.17, 15) is 14.4 Å². The highest BCUT2D eigenvalue weighted by Gasteiger charge is 2.45. The number of carbonyl (C=O) groups is 1. The maximum absolute atomic E-state index is 12.5. The van der Waals surface area contributed by atoms with Crippen LogP contribution in [0, 0.1) is 6.92 Å². The van der Waals surface area contributed by atoms with Gasteiger partial charge in [0.25, 0.3) is 5.56 Å². The number of rotatable bonds is 3. The summed E-state index contributed by atoms with van der Waals surface area (Å²) in [6, 6.07) is 0. The van der Waals surface area contributed by atoms with Gasteiger partial charge in [-0.3, -0.25) is 19.1 Å². The predicted molar refractivity (Wildman–Crippen MR) is 90.6 cm³/mol. The summed E-state index contributed by atoms with van der Waals surface area (Å²) < 4.78 is 12.9. The van der Waals surface area contributed by atoms with Crippen LogP contribution in [0.4, 0.5) is 0 Å². The molecule has 1 atom stereocenters. The van der Waals surface area contributed by atoms with Crippen molar-refractivity contribution in [1.29, 1.82) is 0 Å². The van der Waals surface area contributed by atoms with Crippen LogP contribution in [-0.4, -0.2) is 58.9 Å². The van der Waals surface area contributed by atoms with Gasteiger partial charge >= 0.3 is 5.69 Å². The van der Waals surface area contributed by atoms with Crippen LogP contribution in [0.25, 0.3) is 0 Å². The topological polar surface area (TPSA) is 93.6 Å². The first-order chi connectivity index (χ1) is 11.9. The lowest BCUT2D eigenvalue weighted by Crippen LogP contribution is -2.57. The van der Waals surface area contributed by atoms with E-state index in [0.717, 1.165) is 32.3 Å². The molecule has 138 valence electrons. The average Bonchev–Trinajstić information content (AvgIpc) is 2.60. The number of amides is 1. The van der Waals surface area contributed by atoms with Gasteiger partial charge in [-0.05, 0) is 32.6 Å². The van der Waals surface area contributed by atoms with Crippen molar-refractivity contribution in [3.05, 3.63) is 32.6 Å². The minimum Gasteiger partial charge on any atom is -0.378 e. The third kappa shape index (κ3) is 3.55. The Morgan fingerprint density at radius 3 is 2.80 bits per heavy atom. The second kappa shape index (κ2) is 7.13. The fraction of sp³-hybridized carbons (Fsp3) is 0.706. The van der Waals surface area contributed by atoms with Gasteiger partial charge in [-0.2, -0.15) is 0 Å². The molecule has 0 saturated carbocycles. The Labute approximate surface area is 145 Å². The lowest BCUT2D eigenvalue weighted by atomic mass is 9.82. The van der Waals surface area contributed by atoms with Crippen LogP contribution in [0.2, 0.25) is 0 Å². The van der Waals surface area contributed by atoms with E-state index < -0.39 is 11.2 Å². The Kier molecular flexibility index (Phi) is 5.10. The molecule has 1 spiro atoms. The Balaban J connectivity index is 1.65. The minimum atomic E-state index is -0.563. The third-order valence-electron chi connectivity index (χ3n) is 5.33. The first-order valence-corrected chi connectivity index (χ1v) is 8.70. The van der Waals surface area contributed by atoms with Gasteiger partial charge in [-0.1, -0.05) is 0 Å². The predicted octanol–water partition coefficient (Wildman–Crippen LogP) is 0.0316. The van der Waals surface area contributed by atoms with E-state index in [1.54, 1.807) is 18.9 Å². The monoisotopic (exact) mass is 351 g/mol.